The maximum atomic E-state index is 14.2. The van der Waals surface area contributed by atoms with E-state index in [1.807, 2.05) is 13.8 Å². The van der Waals surface area contributed by atoms with Gasteiger partial charge in [0.15, 0.2) is 0 Å². The summed E-state index contributed by atoms with van der Waals surface area (Å²) in [7, 11) is 2.94. The van der Waals surface area contributed by atoms with E-state index in [1.54, 1.807) is 19.1 Å². The van der Waals surface area contributed by atoms with E-state index in [9.17, 15) is 14.0 Å². The maximum absolute atomic E-state index is 14.2. The van der Waals surface area contributed by atoms with Gasteiger partial charge in [-0.05, 0) is 37.5 Å². The molecular formula is C20H27FN4O2. The lowest BCUT2D eigenvalue weighted by molar-refractivity contribution is 0.629. The first kappa shape index (κ1) is 20.5. The molecule has 0 bridgehead atoms. The molecule has 1 aromatic heterocycles. The van der Waals surface area contributed by atoms with Gasteiger partial charge in [0, 0.05) is 25.8 Å². The number of benzene rings is 1. The first-order valence-corrected chi connectivity index (χ1v) is 9.08. The summed E-state index contributed by atoms with van der Waals surface area (Å²) in [6.07, 6.45) is 2.03. The smallest absolute Gasteiger partial charge is 0.332 e. The lowest BCUT2D eigenvalue weighted by Crippen LogP contribution is -2.41. The van der Waals surface area contributed by atoms with Gasteiger partial charge in [0.1, 0.15) is 17.2 Å². The van der Waals surface area contributed by atoms with Gasteiger partial charge < -0.3 is 10.6 Å². The molecule has 0 saturated heterocycles. The molecule has 0 amide bonds. The molecule has 1 aromatic carbocycles. The van der Waals surface area contributed by atoms with E-state index in [0.717, 1.165) is 23.0 Å². The van der Waals surface area contributed by atoms with Gasteiger partial charge >= 0.3 is 5.69 Å². The summed E-state index contributed by atoms with van der Waals surface area (Å²) >= 11 is 0. The van der Waals surface area contributed by atoms with Gasteiger partial charge in [0.25, 0.3) is 5.56 Å². The summed E-state index contributed by atoms with van der Waals surface area (Å²) in [5.74, 6) is -0.242. The van der Waals surface area contributed by atoms with Gasteiger partial charge in [-0.1, -0.05) is 26.5 Å². The van der Waals surface area contributed by atoms with Gasteiger partial charge in [-0.2, -0.15) is 0 Å². The molecule has 0 radical (unpaired) electrons. The number of halogens is 1. The van der Waals surface area contributed by atoms with E-state index in [0.29, 0.717) is 11.7 Å². The van der Waals surface area contributed by atoms with Crippen molar-refractivity contribution in [3.8, 4) is 0 Å². The van der Waals surface area contributed by atoms with Crippen LogP contribution < -0.4 is 21.9 Å². The average molecular weight is 374 g/mol. The van der Waals surface area contributed by atoms with Crippen LogP contribution in [0.4, 0.5) is 15.9 Å². The normalized spacial score (nSPS) is 12.8. The molecule has 1 saturated carbocycles. The zero-order chi connectivity index (χ0) is 20.3. The summed E-state index contributed by atoms with van der Waals surface area (Å²) in [5, 5.41) is 6.07. The van der Waals surface area contributed by atoms with Crippen LogP contribution in [0, 0.1) is 12.7 Å². The van der Waals surface area contributed by atoms with Crippen LogP contribution in [-0.4, -0.2) is 15.2 Å². The lowest BCUT2D eigenvalue weighted by Gasteiger charge is -2.19. The largest absolute Gasteiger partial charge is 0.382 e. The zero-order valence-electron chi connectivity index (χ0n) is 16.5. The molecule has 7 heteroatoms. The first-order valence-electron chi connectivity index (χ1n) is 9.08. The van der Waals surface area contributed by atoms with Crippen molar-refractivity contribution in [2.75, 3.05) is 5.32 Å². The SMILES string of the molecule is C=C(NC1CC1)c1c(Nc2ccc(C)cc2F)n(C)c(=O)n(C)c1=O.CC. The monoisotopic (exact) mass is 374 g/mol. The van der Waals surface area contributed by atoms with Gasteiger partial charge in [-0.25, -0.2) is 9.18 Å². The number of aryl methyl sites for hydroxylation is 1. The summed E-state index contributed by atoms with van der Waals surface area (Å²) < 4.78 is 16.5. The molecule has 6 nitrogen and oxygen atoms in total. The second-order valence-corrected chi connectivity index (χ2v) is 6.43. The van der Waals surface area contributed by atoms with Gasteiger partial charge in [-0.3, -0.25) is 13.9 Å². The average Bonchev–Trinajstić information content (AvgIpc) is 3.45. The number of anilines is 2. The van der Waals surface area contributed by atoms with E-state index in [-0.39, 0.29) is 17.1 Å². The van der Waals surface area contributed by atoms with Crippen LogP contribution in [0.15, 0.2) is 34.4 Å². The van der Waals surface area contributed by atoms with Crippen molar-refractivity contribution in [1.82, 2.24) is 14.5 Å². The minimum Gasteiger partial charge on any atom is -0.382 e. The fourth-order valence-corrected chi connectivity index (χ4v) is 2.66. The Hall–Kier alpha value is -2.83. The zero-order valence-corrected chi connectivity index (χ0v) is 16.5. The van der Waals surface area contributed by atoms with Crippen molar-refractivity contribution in [2.45, 2.75) is 39.7 Å². The fourth-order valence-electron chi connectivity index (χ4n) is 2.66. The Morgan fingerprint density at radius 1 is 1.19 bits per heavy atom. The Labute approximate surface area is 158 Å². The predicted molar refractivity (Wildman–Crippen MR) is 108 cm³/mol. The van der Waals surface area contributed by atoms with Gasteiger partial charge in [-0.15, -0.1) is 0 Å². The van der Waals surface area contributed by atoms with E-state index in [2.05, 4.69) is 17.2 Å². The highest BCUT2D eigenvalue weighted by atomic mass is 19.1. The van der Waals surface area contributed by atoms with Gasteiger partial charge in [0.2, 0.25) is 0 Å². The van der Waals surface area contributed by atoms with Crippen LogP contribution in [0.3, 0.4) is 0 Å². The Balaban J connectivity index is 0.00000126. The number of aromatic nitrogens is 2. The number of hydrogen-bond acceptors (Lipinski definition) is 4. The molecule has 1 heterocycles. The molecule has 146 valence electrons. The van der Waals surface area contributed by atoms with E-state index in [4.69, 9.17) is 0 Å². The van der Waals surface area contributed by atoms with E-state index < -0.39 is 17.1 Å². The fraction of sp³-hybridized carbons (Fsp3) is 0.400. The van der Waals surface area contributed by atoms with E-state index in [1.165, 1.54) is 24.7 Å². The first-order chi connectivity index (χ1) is 12.8. The molecule has 2 aromatic rings. The van der Waals surface area contributed by atoms with E-state index >= 15 is 0 Å². The molecule has 1 fully saturated rings. The molecule has 0 atom stereocenters. The third kappa shape index (κ3) is 4.30. The lowest BCUT2D eigenvalue weighted by atomic mass is 10.2. The molecule has 2 N–H and O–H groups in total. The summed E-state index contributed by atoms with van der Waals surface area (Å²) in [6, 6.07) is 5.01. The molecule has 27 heavy (non-hydrogen) atoms. The third-order valence-corrected chi connectivity index (χ3v) is 4.30. The highest BCUT2D eigenvalue weighted by molar-refractivity contribution is 5.75. The van der Waals surface area contributed by atoms with Crippen LogP contribution in [0.2, 0.25) is 0 Å². The van der Waals surface area contributed by atoms with Crippen LogP contribution >= 0.6 is 0 Å². The molecule has 0 aliphatic heterocycles. The second kappa shape index (κ2) is 8.24. The number of rotatable bonds is 5. The standard InChI is InChI=1S/C18H21FN4O2.C2H6/c1-10-5-8-14(13(19)9-10)21-16-15(11(2)20-12-6-7-12)17(24)23(4)18(25)22(16)3;1-2/h5,8-9,12,20-21H,2,6-7H2,1,3-4H3;1-2H3. The van der Waals surface area contributed by atoms with Crippen molar-refractivity contribution in [3.63, 3.8) is 0 Å². The predicted octanol–water partition coefficient (Wildman–Crippen LogP) is 3.02. The Bertz CT molecular complexity index is 971. The number of nitrogens with zero attached hydrogens (tertiary/aromatic N) is 2. The maximum Gasteiger partial charge on any atom is 0.332 e. The van der Waals surface area contributed by atoms with Crippen molar-refractivity contribution in [2.24, 2.45) is 14.1 Å². The Morgan fingerprint density at radius 3 is 2.37 bits per heavy atom. The molecule has 0 unspecified atom stereocenters. The summed E-state index contributed by atoms with van der Waals surface area (Å²) in [6.45, 7) is 9.73. The molecule has 0 spiro atoms. The summed E-state index contributed by atoms with van der Waals surface area (Å²) in [5.41, 5.74) is 0.653. The van der Waals surface area contributed by atoms with Crippen molar-refractivity contribution in [1.29, 1.82) is 0 Å². The van der Waals surface area contributed by atoms with Crippen LogP contribution in [-0.2, 0) is 14.1 Å². The Morgan fingerprint density at radius 2 is 1.81 bits per heavy atom. The van der Waals surface area contributed by atoms with Crippen LogP contribution in [0.25, 0.3) is 5.70 Å². The van der Waals surface area contributed by atoms with Crippen LogP contribution in [0.1, 0.15) is 37.8 Å². The minimum absolute atomic E-state index is 0.189. The molecular weight excluding hydrogens is 347 g/mol. The highest BCUT2D eigenvalue weighted by Gasteiger charge is 2.25. The van der Waals surface area contributed by atoms with Crippen molar-refractivity contribution in [3.05, 3.63) is 62.6 Å². The Kier molecular flexibility index (Phi) is 6.25. The van der Waals surface area contributed by atoms with Crippen molar-refractivity contribution >= 4 is 17.2 Å². The second-order valence-electron chi connectivity index (χ2n) is 6.43. The number of nitrogens with one attached hydrogen (secondary N) is 2. The molecule has 1 aliphatic rings. The number of hydrogen-bond donors (Lipinski definition) is 2. The van der Waals surface area contributed by atoms with Crippen LogP contribution in [0.5, 0.6) is 0 Å². The summed E-state index contributed by atoms with van der Waals surface area (Å²) in [4.78, 5) is 24.9. The van der Waals surface area contributed by atoms with Crippen molar-refractivity contribution < 1.29 is 4.39 Å². The topological polar surface area (TPSA) is 68.1 Å². The molecule has 3 rings (SSSR count). The minimum atomic E-state index is -0.497. The third-order valence-electron chi connectivity index (χ3n) is 4.30. The highest BCUT2D eigenvalue weighted by Crippen LogP contribution is 2.26. The molecule has 1 aliphatic carbocycles. The van der Waals surface area contributed by atoms with Gasteiger partial charge in [0.05, 0.1) is 5.69 Å². The quantitative estimate of drug-likeness (QED) is 0.844.